The van der Waals surface area contributed by atoms with Crippen molar-refractivity contribution in [1.82, 2.24) is 0 Å². The lowest BCUT2D eigenvalue weighted by molar-refractivity contribution is -0.162. The lowest BCUT2D eigenvalue weighted by atomic mass is 9.85. The van der Waals surface area contributed by atoms with Crippen molar-refractivity contribution < 1.29 is 21.9 Å². The average Bonchev–Trinajstić information content (AvgIpc) is 2.76. The molecule has 6 heteroatoms. The molecular formula is C11H15F3O2S. The summed E-state index contributed by atoms with van der Waals surface area (Å²) in [6.07, 6.45) is 0.710. The van der Waals surface area contributed by atoms with Gasteiger partial charge < -0.3 is 4.55 Å². The van der Waals surface area contributed by atoms with Gasteiger partial charge in [-0.3, -0.25) is 0 Å². The van der Waals surface area contributed by atoms with Crippen molar-refractivity contribution in [1.29, 1.82) is 0 Å². The number of rotatable bonds is 3. The fourth-order valence-corrected chi connectivity index (χ4v) is 3.47. The molecule has 0 aromatic carbocycles. The molecule has 2 aliphatic carbocycles. The summed E-state index contributed by atoms with van der Waals surface area (Å²) >= 11 is -2.89. The molecule has 0 aromatic rings. The van der Waals surface area contributed by atoms with E-state index in [1.165, 1.54) is 0 Å². The summed E-state index contributed by atoms with van der Waals surface area (Å²) < 4.78 is 56.1. The molecular weight excluding hydrogens is 253 g/mol. The molecule has 17 heavy (non-hydrogen) atoms. The van der Waals surface area contributed by atoms with Gasteiger partial charge >= 0.3 is 6.18 Å². The molecule has 0 amide bonds. The van der Waals surface area contributed by atoms with Gasteiger partial charge in [-0.05, 0) is 43.9 Å². The molecule has 1 fully saturated rings. The second-order valence-corrected chi connectivity index (χ2v) is 6.62. The Morgan fingerprint density at radius 1 is 1.35 bits per heavy atom. The monoisotopic (exact) mass is 268 g/mol. The number of fused-ring (bicyclic) bond motifs is 2. The molecule has 1 N–H and O–H groups in total. The molecule has 2 bridgehead atoms. The highest BCUT2D eigenvalue weighted by atomic mass is 32.2. The fraction of sp³-hybridized carbons (Fsp3) is 0.818. The first-order valence-corrected chi connectivity index (χ1v) is 6.71. The Balaban J connectivity index is 2.15. The summed E-state index contributed by atoms with van der Waals surface area (Å²) in [4.78, 5) is 0. The summed E-state index contributed by atoms with van der Waals surface area (Å²) in [6.45, 7) is 0.846. The van der Waals surface area contributed by atoms with Crippen molar-refractivity contribution in [3.8, 4) is 0 Å². The fourth-order valence-electron chi connectivity index (χ4n) is 2.92. The van der Waals surface area contributed by atoms with Gasteiger partial charge in [0, 0.05) is 0 Å². The minimum absolute atomic E-state index is 0.118. The van der Waals surface area contributed by atoms with Gasteiger partial charge in [-0.1, -0.05) is 12.2 Å². The van der Waals surface area contributed by atoms with E-state index in [4.69, 9.17) is 4.55 Å². The first-order valence-electron chi connectivity index (χ1n) is 5.60. The predicted molar refractivity (Wildman–Crippen MR) is 58.7 cm³/mol. The maximum atomic E-state index is 12.9. The molecule has 5 unspecified atom stereocenters. The van der Waals surface area contributed by atoms with Crippen LogP contribution in [0.1, 0.15) is 26.2 Å². The largest absolute Gasteiger partial charge is 0.407 e. The van der Waals surface area contributed by atoms with Crippen LogP contribution in [-0.4, -0.2) is 19.7 Å². The highest BCUT2D eigenvalue weighted by molar-refractivity contribution is 7.80. The normalized spacial score (nSPS) is 37.1. The van der Waals surface area contributed by atoms with Crippen molar-refractivity contribution in [2.24, 2.45) is 17.8 Å². The predicted octanol–water partition coefficient (Wildman–Crippen LogP) is 3.13. The molecule has 0 aliphatic heterocycles. The van der Waals surface area contributed by atoms with Crippen LogP contribution >= 0.6 is 0 Å². The molecule has 2 aliphatic rings. The van der Waals surface area contributed by atoms with Crippen LogP contribution in [0.25, 0.3) is 0 Å². The molecule has 0 radical (unpaired) electrons. The van der Waals surface area contributed by atoms with Crippen LogP contribution in [-0.2, 0) is 11.1 Å². The third kappa shape index (κ3) is 2.17. The van der Waals surface area contributed by atoms with Crippen molar-refractivity contribution in [3.63, 3.8) is 0 Å². The third-order valence-electron chi connectivity index (χ3n) is 4.05. The minimum atomic E-state index is -4.64. The maximum Gasteiger partial charge on any atom is 0.407 e. The van der Waals surface area contributed by atoms with E-state index in [2.05, 4.69) is 0 Å². The Bertz CT molecular complexity index is 366. The zero-order chi connectivity index (χ0) is 12.8. The van der Waals surface area contributed by atoms with Gasteiger partial charge in [0.15, 0.2) is 15.8 Å². The highest BCUT2D eigenvalue weighted by Gasteiger charge is 2.58. The molecule has 0 aromatic heterocycles. The molecule has 2 nitrogen and oxygen atoms in total. The average molecular weight is 268 g/mol. The van der Waals surface area contributed by atoms with Crippen LogP contribution in [0.4, 0.5) is 13.2 Å². The van der Waals surface area contributed by atoms with Gasteiger partial charge in [0.1, 0.15) is 0 Å². The Kier molecular flexibility index (Phi) is 3.14. The minimum Gasteiger partial charge on any atom is -0.305 e. The smallest absolute Gasteiger partial charge is 0.305 e. The van der Waals surface area contributed by atoms with E-state index in [-0.39, 0.29) is 18.3 Å². The summed E-state index contributed by atoms with van der Waals surface area (Å²) in [5.74, 6) is 0.410. The molecule has 0 heterocycles. The maximum absolute atomic E-state index is 12.9. The van der Waals surface area contributed by atoms with Gasteiger partial charge in [-0.2, -0.15) is 13.2 Å². The van der Waals surface area contributed by atoms with E-state index in [0.29, 0.717) is 12.3 Å². The number of hydrogen-bond acceptors (Lipinski definition) is 1. The molecule has 1 saturated carbocycles. The summed E-state index contributed by atoms with van der Waals surface area (Å²) in [6, 6.07) is 0. The Morgan fingerprint density at radius 3 is 2.35 bits per heavy atom. The zero-order valence-electron chi connectivity index (χ0n) is 9.41. The van der Waals surface area contributed by atoms with Crippen LogP contribution in [0.2, 0.25) is 0 Å². The zero-order valence-corrected chi connectivity index (χ0v) is 10.2. The van der Waals surface area contributed by atoms with Crippen molar-refractivity contribution in [2.75, 3.05) is 0 Å². The number of allylic oxidation sites excluding steroid dienone is 2. The van der Waals surface area contributed by atoms with Crippen LogP contribution in [0, 0.1) is 17.8 Å². The second-order valence-electron chi connectivity index (χ2n) is 5.22. The summed E-state index contributed by atoms with van der Waals surface area (Å²) in [5, 5.41) is 0. The van der Waals surface area contributed by atoms with Gasteiger partial charge in [0.25, 0.3) is 0 Å². The molecule has 2 rings (SSSR count). The number of halogens is 3. The Hall–Kier alpha value is -0.360. The van der Waals surface area contributed by atoms with E-state index in [1.54, 1.807) is 0 Å². The summed E-state index contributed by atoms with van der Waals surface area (Å²) in [7, 11) is 0. The molecule has 0 spiro atoms. The number of hydrogen-bond donors (Lipinski definition) is 1. The SMILES string of the molecule is CC(CC1CC2C=CC1C2)(S(=O)O)C(F)(F)F. The van der Waals surface area contributed by atoms with Crippen molar-refractivity contribution in [3.05, 3.63) is 12.2 Å². The van der Waals surface area contributed by atoms with E-state index >= 15 is 0 Å². The molecule has 98 valence electrons. The third-order valence-corrected chi connectivity index (χ3v) is 5.22. The quantitative estimate of drug-likeness (QED) is 0.630. The second kappa shape index (κ2) is 4.09. The Labute approximate surface area is 101 Å². The van der Waals surface area contributed by atoms with E-state index in [1.807, 2.05) is 12.2 Å². The van der Waals surface area contributed by atoms with Gasteiger partial charge in [0.05, 0.1) is 0 Å². The first kappa shape index (κ1) is 13.1. The lowest BCUT2D eigenvalue weighted by Gasteiger charge is -2.32. The topological polar surface area (TPSA) is 37.3 Å². The number of alkyl halides is 3. The van der Waals surface area contributed by atoms with Gasteiger partial charge in [-0.25, -0.2) is 4.21 Å². The summed E-state index contributed by atoms with van der Waals surface area (Å²) in [5.41, 5.74) is 0. The van der Waals surface area contributed by atoms with Crippen LogP contribution in [0.3, 0.4) is 0 Å². The van der Waals surface area contributed by atoms with E-state index in [0.717, 1.165) is 13.3 Å². The first-order chi connectivity index (χ1) is 7.74. The lowest BCUT2D eigenvalue weighted by Crippen LogP contribution is -2.47. The van der Waals surface area contributed by atoms with Crippen molar-refractivity contribution >= 4 is 11.1 Å². The van der Waals surface area contributed by atoms with E-state index < -0.39 is 22.0 Å². The van der Waals surface area contributed by atoms with Gasteiger partial charge in [0.2, 0.25) is 0 Å². The van der Waals surface area contributed by atoms with Gasteiger partial charge in [-0.15, -0.1) is 0 Å². The highest BCUT2D eigenvalue weighted by Crippen LogP contribution is 2.50. The standard InChI is InChI=1S/C11H15F3O2S/c1-10(17(15)16,11(12,13)14)6-9-5-7-2-3-8(9)4-7/h2-3,7-9H,4-6H2,1H3,(H,15,16). The van der Waals surface area contributed by atoms with E-state index in [9.17, 15) is 17.4 Å². The van der Waals surface area contributed by atoms with Crippen LogP contribution < -0.4 is 0 Å². The van der Waals surface area contributed by atoms with Crippen molar-refractivity contribution in [2.45, 2.75) is 37.1 Å². The van der Waals surface area contributed by atoms with Crippen LogP contribution in [0.15, 0.2) is 12.2 Å². The molecule has 5 atom stereocenters. The Morgan fingerprint density at radius 2 is 2.00 bits per heavy atom. The van der Waals surface area contributed by atoms with Crippen LogP contribution in [0.5, 0.6) is 0 Å². The molecule has 0 saturated heterocycles.